The van der Waals surface area contributed by atoms with Crippen molar-refractivity contribution in [2.24, 2.45) is 11.7 Å². The average Bonchev–Trinajstić information content (AvgIpc) is 2.73. The van der Waals surface area contributed by atoms with Crippen molar-refractivity contribution in [3.63, 3.8) is 0 Å². The molecule has 3 N–H and O–H groups in total. The summed E-state index contributed by atoms with van der Waals surface area (Å²) in [7, 11) is 0. The molecule has 1 aromatic heterocycles. The zero-order valence-electron chi connectivity index (χ0n) is 10.7. The number of amides is 1. The molecule has 0 aliphatic carbocycles. The second kappa shape index (κ2) is 6.07. The molecule has 96 valence electrons. The highest BCUT2D eigenvalue weighted by Crippen LogP contribution is 2.19. The minimum atomic E-state index is -0.118. The van der Waals surface area contributed by atoms with Gasteiger partial charge in [0.2, 0.25) is 0 Å². The van der Waals surface area contributed by atoms with E-state index in [0.29, 0.717) is 17.3 Å². The maximum Gasteiger partial charge on any atom is 0.265 e. The average molecular weight is 256 g/mol. The number of carbonyl (C=O) groups is 1. The van der Waals surface area contributed by atoms with Gasteiger partial charge in [-0.25, -0.2) is 0 Å². The Morgan fingerprint density at radius 2 is 2.06 bits per heavy atom. The fourth-order valence-electron chi connectivity index (χ4n) is 1.46. The first kappa shape index (κ1) is 14.1. The van der Waals surface area contributed by atoms with Gasteiger partial charge in [0.15, 0.2) is 0 Å². The number of carbonyl (C=O) groups excluding carboxylic acids is 1. The third-order valence-electron chi connectivity index (χ3n) is 2.64. The lowest BCUT2D eigenvalue weighted by atomic mass is 10.0. The van der Waals surface area contributed by atoms with E-state index in [0.717, 1.165) is 17.2 Å². The molecule has 0 radical (unpaired) electrons. The quantitative estimate of drug-likeness (QED) is 0.834. The number of nitrogens with two attached hydrogens (primary N) is 1. The van der Waals surface area contributed by atoms with Crippen molar-refractivity contribution >= 4 is 17.4 Å². The number of hydrogen-bond donors (Lipinski definition) is 2. The first-order valence-electron chi connectivity index (χ1n) is 5.80. The predicted molar refractivity (Wildman–Crippen MR) is 69.1 cm³/mol. The molecule has 0 bridgehead atoms. The third kappa shape index (κ3) is 3.47. The molecule has 17 heavy (non-hydrogen) atoms. The predicted octanol–water partition coefficient (Wildman–Crippen LogP) is 1.37. The lowest BCUT2D eigenvalue weighted by Gasteiger charge is -2.20. The maximum atomic E-state index is 12.1. The van der Waals surface area contributed by atoms with Gasteiger partial charge >= 0.3 is 0 Å². The molecule has 0 aliphatic rings. The molecular formula is C11H20N4OS. The number of aromatic nitrogens is 2. The van der Waals surface area contributed by atoms with Gasteiger partial charge in [0.05, 0.1) is 5.69 Å². The summed E-state index contributed by atoms with van der Waals surface area (Å²) in [4.78, 5) is 12.7. The Kier molecular flexibility index (Phi) is 5.02. The lowest BCUT2D eigenvalue weighted by molar-refractivity contribution is 0.0930. The minimum Gasteiger partial charge on any atom is -0.347 e. The Hall–Kier alpha value is -1.01. The van der Waals surface area contributed by atoms with Crippen molar-refractivity contribution in [3.8, 4) is 0 Å². The second-order valence-corrected chi connectivity index (χ2v) is 5.46. The van der Waals surface area contributed by atoms with E-state index in [1.54, 1.807) is 0 Å². The van der Waals surface area contributed by atoms with Crippen molar-refractivity contribution in [1.82, 2.24) is 14.9 Å². The number of nitrogens with one attached hydrogen (secondary N) is 1. The second-order valence-electron chi connectivity index (χ2n) is 4.70. The van der Waals surface area contributed by atoms with Gasteiger partial charge in [-0.3, -0.25) is 4.79 Å². The largest absolute Gasteiger partial charge is 0.347 e. The summed E-state index contributed by atoms with van der Waals surface area (Å²) < 4.78 is 3.84. The molecule has 6 heteroatoms. The summed E-state index contributed by atoms with van der Waals surface area (Å²) in [5, 5.41) is 6.92. The monoisotopic (exact) mass is 256 g/mol. The zero-order valence-corrected chi connectivity index (χ0v) is 11.5. The highest BCUT2D eigenvalue weighted by atomic mass is 32.1. The lowest BCUT2D eigenvalue weighted by Crippen LogP contribution is -2.43. The minimum absolute atomic E-state index is 0.00962. The molecule has 0 spiro atoms. The number of rotatable bonds is 5. The van der Waals surface area contributed by atoms with Crippen molar-refractivity contribution < 1.29 is 4.79 Å². The van der Waals surface area contributed by atoms with Crippen LogP contribution in [0.3, 0.4) is 0 Å². The molecule has 1 rings (SSSR count). The van der Waals surface area contributed by atoms with Gasteiger partial charge in [0.1, 0.15) is 4.88 Å². The van der Waals surface area contributed by atoms with E-state index in [-0.39, 0.29) is 17.9 Å². The van der Waals surface area contributed by atoms with Gasteiger partial charge in [-0.05, 0) is 23.4 Å². The number of hydrogen-bond acceptors (Lipinski definition) is 5. The van der Waals surface area contributed by atoms with Crippen LogP contribution in [-0.2, 0) is 0 Å². The van der Waals surface area contributed by atoms with Gasteiger partial charge < -0.3 is 11.1 Å². The summed E-state index contributed by atoms with van der Waals surface area (Å²) in [6.45, 7) is 8.50. The SMILES string of the molecule is CC(C)c1nnsc1C(=O)NC(CN)C(C)C. The van der Waals surface area contributed by atoms with Crippen molar-refractivity contribution in [3.05, 3.63) is 10.6 Å². The normalized spacial score (nSPS) is 13.1. The van der Waals surface area contributed by atoms with Crippen molar-refractivity contribution in [2.75, 3.05) is 6.54 Å². The Morgan fingerprint density at radius 3 is 2.53 bits per heavy atom. The fraction of sp³-hybridized carbons (Fsp3) is 0.727. The molecule has 0 aliphatic heterocycles. The Balaban J connectivity index is 2.79. The highest BCUT2D eigenvalue weighted by molar-refractivity contribution is 7.08. The van der Waals surface area contributed by atoms with E-state index < -0.39 is 0 Å². The molecule has 1 heterocycles. The van der Waals surface area contributed by atoms with Crippen LogP contribution in [0.2, 0.25) is 0 Å². The molecule has 0 saturated carbocycles. The standard InChI is InChI=1S/C11H20N4OS/c1-6(2)8(5-12)13-11(16)10-9(7(3)4)14-15-17-10/h6-8H,5,12H2,1-4H3,(H,13,16). The Labute approximate surface area is 106 Å². The zero-order chi connectivity index (χ0) is 13.0. The van der Waals surface area contributed by atoms with E-state index in [1.165, 1.54) is 0 Å². The van der Waals surface area contributed by atoms with Crippen LogP contribution in [-0.4, -0.2) is 28.1 Å². The van der Waals surface area contributed by atoms with Crippen LogP contribution in [0.4, 0.5) is 0 Å². The molecule has 5 nitrogen and oxygen atoms in total. The van der Waals surface area contributed by atoms with Crippen LogP contribution in [0.25, 0.3) is 0 Å². The third-order valence-corrected chi connectivity index (χ3v) is 3.38. The molecule has 1 unspecified atom stereocenters. The summed E-state index contributed by atoms with van der Waals surface area (Å²) in [5.41, 5.74) is 6.39. The van der Waals surface area contributed by atoms with E-state index in [1.807, 2.05) is 27.7 Å². The van der Waals surface area contributed by atoms with Crippen LogP contribution in [0, 0.1) is 5.92 Å². The summed E-state index contributed by atoms with van der Waals surface area (Å²) in [6.07, 6.45) is 0. The van der Waals surface area contributed by atoms with Gasteiger partial charge in [0, 0.05) is 12.6 Å². The molecule has 1 atom stereocenters. The van der Waals surface area contributed by atoms with E-state index >= 15 is 0 Å². The highest BCUT2D eigenvalue weighted by Gasteiger charge is 2.21. The summed E-state index contributed by atoms with van der Waals surface area (Å²) >= 11 is 1.14. The molecular weight excluding hydrogens is 236 g/mol. The van der Waals surface area contributed by atoms with Crippen molar-refractivity contribution in [2.45, 2.75) is 39.7 Å². The molecule has 0 aromatic carbocycles. The van der Waals surface area contributed by atoms with Crippen LogP contribution in [0.15, 0.2) is 0 Å². The summed E-state index contributed by atoms with van der Waals surface area (Å²) in [5.74, 6) is 0.394. The van der Waals surface area contributed by atoms with Gasteiger partial charge in [0.25, 0.3) is 5.91 Å². The smallest absolute Gasteiger partial charge is 0.265 e. The molecule has 0 saturated heterocycles. The van der Waals surface area contributed by atoms with Crippen LogP contribution < -0.4 is 11.1 Å². The van der Waals surface area contributed by atoms with Crippen LogP contribution in [0.1, 0.15) is 49.0 Å². The summed E-state index contributed by atoms with van der Waals surface area (Å²) in [6, 6.07) is -0.00962. The number of nitrogens with zero attached hydrogens (tertiary/aromatic N) is 2. The topological polar surface area (TPSA) is 80.9 Å². The van der Waals surface area contributed by atoms with Gasteiger partial charge in [-0.2, -0.15) is 0 Å². The van der Waals surface area contributed by atoms with E-state index in [4.69, 9.17) is 5.73 Å². The van der Waals surface area contributed by atoms with E-state index in [2.05, 4.69) is 14.9 Å². The van der Waals surface area contributed by atoms with Gasteiger partial charge in [-0.1, -0.05) is 32.2 Å². The van der Waals surface area contributed by atoms with Crippen LogP contribution >= 0.6 is 11.5 Å². The Morgan fingerprint density at radius 1 is 1.41 bits per heavy atom. The molecule has 1 aromatic rings. The Bertz CT molecular complexity index is 375. The first-order valence-corrected chi connectivity index (χ1v) is 6.57. The van der Waals surface area contributed by atoms with Crippen LogP contribution in [0.5, 0.6) is 0 Å². The molecule has 0 fully saturated rings. The van der Waals surface area contributed by atoms with Crippen molar-refractivity contribution in [1.29, 1.82) is 0 Å². The van der Waals surface area contributed by atoms with Gasteiger partial charge in [-0.15, -0.1) is 5.10 Å². The fourth-order valence-corrected chi connectivity index (χ4v) is 2.19. The first-order chi connectivity index (χ1) is 7.97. The van der Waals surface area contributed by atoms with E-state index in [9.17, 15) is 4.79 Å². The maximum absolute atomic E-state index is 12.1. The molecule has 1 amide bonds.